The average molecular weight is 235 g/mol. The molecule has 0 heterocycles. The van der Waals surface area contributed by atoms with Gasteiger partial charge in [-0.25, -0.2) is 0 Å². The Balaban J connectivity index is 2.26. The highest BCUT2D eigenvalue weighted by Crippen LogP contribution is 2.01. The van der Waals surface area contributed by atoms with Crippen LogP contribution in [0, 0.1) is 11.8 Å². The van der Waals surface area contributed by atoms with Gasteiger partial charge in [0.2, 0.25) is 0 Å². The quantitative estimate of drug-likeness (QED) is 0.607. The minimum absolute atomic E-state index is 0.388. The van der Waals surface area contributed by atoms with Crippen molar-refractivity contribution in [2.24, 2.45) is 5.73 Å². The molecule has 0 saturated carbocycles. The van der Waals surface area contributed by atoms with Crippen molar-refractivity contribution in [2.45, 2.75) is 6.04 Å². The molecule has 0 unspecified atom stereocenters. The predicted octanol–water partition coefficient (Wildman–Crippen LogP) is 1.18. The van der Waals surface area contributed by atoms with Crippen LogP contribution in [0.5, 0.6) is 0 Å². The molecular weight excluding hydrogens is 222 g/mol. The summed E-state index contributed by atoms with van der Waals surface area (Å²) < 4.78 is 0. The Hall–Kier alpha value is -1.44. The zero-order chi connectivity index (χ0) is 11.8. The molecule has 0 amide bonds. The maximum atomic E-state index is 10.4. The van der Waals surface area contributed by atoms with Crippen LogP contribution in [-0.2, 0) is 4.79 Å². The van der Waals surface area contributed by atoms with E-state index in [9.17, 15) is 4.79 Å². The van der Waals surface area contributed by atoms with Crippen LogP contribution in [0.2, 0.25) is 0 Å². The summed E-state index contributed by atoms with van der Waals surface area (Å²) in [6, 6.07) is 8.85. The van der Waals surface area contributed by atoms with Gasteiger partial charge in [0.15, 0.2) is 0 Å². The largest absolute Gasteiger partial charge is 0.480 e. The highest BCUT2D eigenvalue weighted by atomic mass is 32.2. The van der Waals surface area contributed by atoms with Gasteiger partial charge in [-0.15, -0.1) is 11.8 Å². The maximum absolute atomic E-state index is 10.4. The second-order valence-corrected chi connectivity index (χ2v) is 4.16. The number of carbonyl (C=O) groups is 1. The fourth-order valence-corrected chi connectivity index (χ4v) is 1.66. The van der Waals surface area contributed by atoms with Crippen LogP contribution in [0.1, 0.15) is 5.56 Å². The molecule has 1 atom stereocenters. The zero-order valence-corrected chi connectivity index (χ0v) is 9.54. The first-order chi connectivity index (χ1) is 7.70. The molecule has 1 aromatic rings. The third-order valence-electron chi connectivity index (χ3n) is 1.80. The van der Waals surface area contributed by atoms with Crippen LogP contribution in [0.25, 0.3) is 0 Å². The summed E-state index contributed by atoms with van der Waals surface area (Å²) >= 11 is 1.43. The van der Waals surface area contributed by atoms with Gasteiger partial charge in [0, 0.05) is 11.3 Å². The van der Waals surface area contributed by atoms with Crippen LogP contribution in [0.4, 0.5) is 0 Å². The van der Waals surface area contributed by atoms with E-state index in [4.69, 9.17) is 10.8 Å². The Kier molecular flexibility index (Phi) is 5.48. The molecule has 16 heavy (non-hydrogen) atoms. The third-order valence-corrected chi connectivity index (χ3v) is 2.74. The van der Waals surface area contributed by atoms with E-state index in [-0.39, 0.29) is 0 Å². The molecule has 1 rings (SSSR count). The zero-order valence-electron chi connectivity index (χ0n) is 8.72. The van der Waals surface area contributed by atoms with Gasteiger partial charge in [0.1, 0.15) is 6.04 Å². The van der Waals surface area contributed by atoms with Crippen LogP contribution in [0.15, 0.2) is 30.3 Å². The number of hydrogen-bond acceptors (Lipinski definition) is 3. The minimum atomic E-state index is -0.969. The van der Waals surface area contributed by atoms with Crippen molar-refractivity contribution in [1.82, 2.24) is 0 Å². The summed E-state index contributed by atoms with van der Waals surface area (Å²) in [5, 5.41) is 8.54. The monoisotopic (exact) mass is 235 g/mol. The SMILES string of the molecule is N[C@@H](CSCC#Cc1ccccc1)C(=O)O. The van der Waals surface area contributed by atoms with Crippen molar-refractivity contribution in [2.75, 3.05) is 11.5 Å². The Morgan fingerprint density at radius 1 is 1.44 bits per heavy atom. The smallest absolute Gasteiger partial charge is 0.321 e. The van der Waals surface area contributed by atoms with Crippen molar-refractivity contribution in [1.29, 1.82) is 0 Å². The summed E-state index contributed by atoms with van der Waals surface area (Å²) in [6.07, 6.45) is 0. The maximum Gasteiger partial charge on any atom is 0.321 e. The molecule has 0 aliphatic carbocycles. The van der Waals surface area contributed by atoms with E-state index < -0.39 is 12.0 Å². The fourth-order valence-electron chi connectivity index (χ4n) is 0.968. The second-order valence-electron chi connectivity index (χ2n) is 3.13. The first-order valence-corrected chi connectivity index (χ1v) is 5.95. The third kappa shape index (κ3) is 4.87. The van der Waals surface area contributed by atoms with E-state index in [1.807, 2.05) is 30.3 Å². The molecule has 0 aliphatic rings. The van der Waals surface area contributed by atoms with Gasteiger partial charge in [0.25, 0.3) is 0 Å². The number of hydrogen-bond donors (Lipinski definition) is 2. The molecule has 3 N–H and O–H groups in total. The second kappa shape index (κ2) is 6.94. The van der Waals surface area contributed by atoms with Crippen LogP contribution in [-0.4, -0.2) is 28.6 Å². The van der Waals surface area contributed by atoms with Crippen molar-refractivity contribution in [3.05, 3.63) is 35.9 Å². The normalized spacial score (nSPS) is 11.3. The van der Waals surface area contributed by atoms with Gasteiger partial charge in [0.05, 0.1) is 5.75 Å². The van der Waals surface area contributed by atoms with Gasteiger partial charge in [-0.05, 0) is 12.1 Å². The van der Waals surface area contributed by atoms with Crippen LogP contribution >= 0.6 is 11.8 Å². The number of thioether (sulfide) groups is 1. The van der Waals surface area contributed by atoms with E-state index in [1.165, 1.54) is 11.8 Å². The van der Waals surface area contributed by atoms with E-state index in [1.54, 1.807) is 0 Å². The molecule has 0 radical (unpaired) electrons. The van der Waals surface area contributed by atoms with Crippen molar-refractivity contribution in [3.63, 3.8) is 0 Å². The van der Waals surface area contributed by atoms with E-state index in [0.29, 0.717) is 11.5 Å². The molecule has 0 bridgehead atoms. The van der Waals surface area contributed by atoms with Gasteiger partial charge in [-0.1, -0.05) is 30.0 Å². The number of carboxylic acids is 1. The van der Waals surface area contributed by atoms with Gasteiger partial charge in [-0.2, -0.15) is 0 Å². The molecule has 0 fully saturated rings. The standard InChI is InChI=1S/C12H13NO2S/c13-11(12(14)15)9-16-8-4-7-10-5-2-1-3-6-10/h1-3,5-6,11H,8-9,13H2,(H,14,15)/t11-/m0/s1. The Labute approximate surface area is 99.0 Å². The van der Waals surface area contributed by atoms with E-state index in [0.717, 1.165) is 5.56 Å². The summed E-state index contributed by atoms with van der Waals surface area (Å²) in [5.41, 5.74) is 6.30. The van der Waals surface area contributed by atoms with Gasteiger partial charge < -0.3 is 10.8 Å². The van der Waals surface area contributed by atoms with Gasteiger partial charge >= 0.3 is 5.97 Å². The molecule has 0 aliphatic heterocycles. The molecule has 0 spiro atoms. The summed E-state index contributed by atoms with van der Waals surface area (Å²) in [6.45, 7) is 0. The first kappa shape index (κ1) is 12.6. The lowest BCUT2D eigenvalue weighted by atomic mass is 10.2. The van der Waals surface area contributed by atoms with Crippen LogP contribution in [0.3, 0.4) is 0 Å². The van der Waals surface area contributed by atoms with Crippen molar-refractivity contribution >= 4 is 17.7 Å². The molecule has 1 aromatic carbocycles. The Bertz CT molecular complexity index is 394. The molecule has 0 saturated heterocycles. The van der Waals surface area contributed by atoms with Crippen LogP contribution < -0.4 is 5.73 Å². The number of aliphatic carboxylic acids is 1. The summed E-state index contributed by atoms with van der Waals surface area (Å²) in [5.74, 6) is 5.96. The lowest BCUT2D eigenvalue weighted by molar-refractivity contribution is -0.137. The lowest BCUT2D eigenvalue weighted by Gasteiger charge is -2.02. The highest BCUT2D eigenvalue weighted by molar-refractivity contribution is 7.99. The number of nitrogens with two attached hydrogens (primary N) is 1. The van der Waals surface area contributed by atoms with E-state index >= 15 is 0 Å². The van der Waals surface area contributed by atoms with Crippen molar-refractivity contribution in [3.8, 4) is 11.8 Å². The molecule has 4 heteroatoms. The summed E-state index contributed by atoms with van der Waals surface area (Å²) in [4.78, 5) is 10.4. The summed E-state index contributed by atoms with van der Waals surface area (Å²) in [7, 11) is 0. The molecule has 0 aromatic heterocycles. The fraction of sp³-hybridized carbons (Fsp3) is 0.250. The topological polar surface area (TPSA) is 63.3 Å². The Morgan fingerprint density at radius 2 is 2.12 bits per heavy atom. The molecule has 84 valence electrons. The number of rotatable bonds is 4. The van der Waals surface area contributed by atoms with Crippen molar-refractivity contribution < 1.29 is 9.90 Å². The number of benzene rings is 1. The highest BCUT2D eigenvalue weighted by Gasteiger charge is 2.09. The average Bonchev–Trinajstić information content (AvgIpc) is 2.29. The van der Waals surface area contributed by atoms with E-state index in [2.05, 4.69) is 11.8 Å². The Morgan fingerprint density at radius 3 is 2.75 bits per heavy atom. The minimum Gasteiger partial charge on any atom is -0.480 e. The number of carboxylic acid groups (broad SMARTS) is 1. The van der Waals surface area contributed by atoms with Gasteiger partial charge in [-0.3, -0.25) is 4.79 Å². The first-order valence-electron chi connectivity index (χ1n) is 4.80. The predicted molar refractivity (Wildman–Crippen MR) is 66.3 cm³/mol. The molecular formula is C12H13NO2S. The molecule has 3 nitrogen and oxygen atoms in total. The lowest BCUT2D eigenvalue weighted by Crippen LogP contribution is -2.32.